The minimum atomic E-state index is -0.142. The molecule has 2 saturated heterocycles. The Kier molecular flexibility index (Phi) is 3.38. The highest BCUT2D eigenvalue weighted by Gasteiger charge is 2.27. The van der Waals surface area contributed by atoms with E-state index in [1.807, 2.05) is 0 Å². The van der Waals surface area contributed by atoms with Gasteiger partial charge in [-0.25, -0.2) is 0 Å². The molecule has 82 valence electrons. The molecule has 0 aliphatic carbocycles. The topological polar surface area (TPSA) is 44.7 Å². The fourth-order valence-electron chi connectivity index (χ4n) is 2.25. The molecule has 0 aromatic rings. The van der Waals surface area contributed by atoms with Crippen molar-refractivity contribution in [3.63, 3.8) is 0 Å². The van der Waals surface area contributed by atoms with Crippen LogP contribution in [0.5, 0.6) is 0 Å². The number of aliphatic hydroxyl groups excluding tert-OH is 1. The van der Waals surface area contributed by atoms with Crippen LogP contribution in [0.3, 0.4) is 0 Å². The van der Waals surface area contributed by atoms with Crippen LogP contribution in [0.1, 0.15) is 13.3 Å². The van der Waals surface area contributed by atoms with Gasteiger partial charge in [0.15, 0.2) is 0 Å². The van der Waals surface area contributed by atoms with E-state index in [4.69, 9.17) is 4.74 Å². The molecule has 0 bridgehead atoms. The summed E-state index contributed by atoms with van der Waals surface area (Å²) in [5.41, 5.74) is 0. The minimum Gasteiger partial charge on any atom is -0.392 e. The van der Waals surface area contributed by atoms with Crippen LogP contribution in [0.25, 0.3) is 0 Å². The average molecular weight is 200 g/mol. The van der Waals surface area contributed by atoms with Crippen molar-refractivity contribution in [1.82, 2.24) is 10.2 Å². The number of aliphatic hydroxyl groups is 1. The van der Waals surface area contributed by atoms with Crippen LogP contribution in [-0.2, 0) is 4.74 Å². The third kappa shape index (κ3) is 2.45. The number of ether oxygens (including phenoxy) is 1. The molecular weight excluding hydrogens is 180 g/mol. The molecule has 0 aromatic heterocycles. The number of morpholine rings is 1. The number of nitrogens with zero attached hydrogens (tertiary/aromatic N) is 1. The average Bonchev–Trinajstić information content (AvgIpc) is 2.56. The lowest BCUT2D eigenvalue weighted by Gasteiger charge is -2.34. The smallest absolute Gasteiger partial charge is 0.0680 e. The third-order valence-electron chi connectivity index (χ3n) is 3.16. The Hall–Kier alpha value is -0.160. The molecule has 2 rings (SSSR count). The Morgan fingerprint density at radius 1 is 1.57 bits per heavy atom. The second-order valence-corrected chi connectivity index (χ2v) is 4.41. The van der Waals surface area contributed by atoms with Crippen LogP contribution in [0.2, 0.25) is 0 Å². The predicted octanol–water partition coefficient (Wildman–Crippen LogP) is -0.570. The zero-order valence-electron chi connectivity index (χ0n) is 8.78. The molecule has 2 heterocycles. The van der Waals surface area contributed by atoms with E-state index < -0.39 is 0 Å². The molecule has 14 heavy (non-hydrogen) atoms. The van der Waals surface area contributed by atoms with Gasteiger partial charge in [-0.1, -0.05) is 0 Å². The van der Waals surface area contributed by atoms with Gasteiger partial charge >= 0.3 is 0 Å². The van der Waals surface area contributed by atoms with Gasteiger partial charge in [-0.3, -0.25) is 4.90 Å². The van der Waals surface area contributed by atoms with Gasteiger partial charge in [0.25, 0.3) is 0 Å². The summed E-state index contributed by atoms with van der Waals surface area (Å²) in [6, 6.07) is 0.980. The van der Waals surface area contributed by atoms with Crippen molar-refractivity contribution < 1.29 is 9.84 Å². The molecule has 2 aliphatic rings. The molecule has 3 unspecified atom stereocenters. The van der Waals surface area contributed by atoms with Crippen molar-refractivity contribution in [1.29, 1.82) is 0 Å². The Labute approximate surface area is 85.2 Å². The van der Waals surface area contributed by atoms with Gasteiger partial charge in [-0.05, 0) is 13.3 Å². The van der Waals surface area contributed by atoms with Crippen molar-refractivity contribution in [3.8, 4) is 0 Å². The normalized spacial score (nSPS) is 40.3. The number of nitrogens with one attached hydrogen (secondary N) is 1. The summed E-state index contributed by atoms with van der Waals surface area (Å²) in [5, 5.41) is 12.7. The van der Waals surface area contributed by atoms with E-state index in [-0.39, 0.29) is 6.10 Å². The maximum absolute atomic E-state index is 9.39. The van der Waals surface area contributed by atoms with E-state index in [1.165, 1.54) is 0 Å². The second kappa shape index (κ2) is 4.57. The van der Waals surface area contributed by atoms with E-state index in [0.717, 1.165) is 39.3 Å². The summed E-state index contributed by atoms with van der Waals surface area (Å²) in [7, 11) is 0. The first-order chi connectivity index (χ1) is 6.75. The molecule has 0 aromatic carbocycles. The first-order valence-electron chi connectivity index (χ1n) is 5.49. The molecule has 4 heteroatoms. The fourth-order valence-corrected chi connectivity index (χ4v) is 2.25. The van der Waals surface area contributed by atoms with E-state index >= 15 is 0 Å². The Balaban J connectivity index is 1.78. The molecular formula is C10H20N2O2. The molecule has 0 spiro atoms. The number of hydrogen-bond acceptors (Lipinski definition) is 4. The highest BCUT2D eigenvalue weighted by atomic mass is 16.5. The quantitative estimate of drug-likeness (QED) is 0.626. The fraction of sp³-hybridized carbons (Fsp3) is 1.00. The summed E-state index contributed by atoms with van der Waals surface area (Å²) in [5.74, 6) is 0. The van der Waals surface area contributed by atoms with Crippen molar-refractivity contribution in [2.45, 2.75) is 31.5 Å². The zero-order chi connectivity index (χ0) is 9.97. The Morgan fingerprint density at radius 2 is 2.43 bits per heavy atom. The molecule has 2 N–H and O–H groups in total. The maximum Gasteiger partial charge on any atom is 0.0680 e. The number of hydrogen-bond donors (Lipinski definition) is 2. The van der Waals surface area contributed by atoms with Crippen molar-refractivity contribution in [3.05, 3.63) is 0 Å². The van der Waals surface area contributed by atoms with Gasteiger partial charge < -0.3 is 15.2 Å². The van der Waals surface area contributed by atoms with Gasteiger partial charge in [0.05, 0.1) is 19.3 Å². The molecule has 0 saturated carbocycles. The van der Waals surface area contributed by atoms with Crippen molar-refractivity contribution in [2.24, 2.45) is 0 Å². The summed E-state index contributed by atoms with van der Waals surface area (Å²) < 4.78 is 5.39. The van der Waals surface area contributed by atoms with Gasteiger partial charge in [0.2, 0.25) is 0 Å². The summed E-state index contributed by atoms with van der Waals surface area (Å²) in [6.45, 7) is 6.71. The monoisotopic (exact) mass is 200 g/mol. The highest BCUT2D eigenvalue weighted by Crippen LogP contribution is 2.12. The Morgan fingerprint density at radius 3 is 3.07 bits per heavy atom. The van der Waals surface area contributed by atoms with Gasteiger partial charge in [-0.15, -0.1) is 0 Å². The van der Waals surface area contributed by atoms with Crippen LogP contribution in [0, 0.1) is 0 Å². The van der Waals surface area contributed by atoms with Crippen LogP contribution in [0.4, 0.5) is 0 Å². The zero-order valence-corrected chi connectivity index (χ0v) is 8.78. The van der Waals surface area contributed by atoms with Crippen LogP contribution >= 0.6 is 0 Å². The molecule has 0 amide bonds. The number of rotatable bonds is 2. The second-order valence-electron chi connectivity index (χ2n) is 4.41. The highest BCUT2D eigenvalue weighted by molar-refractivity contribution is 4.85. The lowest BCUT2D eigenvalue weighted by molar-refractivity contribution is -0.00392. The molecule has 2 aliphatic heterocycles. The number of β-amino-alcohol motifs (C(OH)–C–C–N with tert-alkyl or cyclic N) is 1. The third-order valence-corrected chi connectivity index (χ3v) is 3.16. The molecule has 4 nitrogen and oxygen atoms in total. The van der Waals surface area contributed by atoms with Crippen molar-refractivity contribution >= 4 is 0 Å². The van der Waals surface area contributed by atoms with Crippen molar-refractivity contribution in [2.75, 3.05) is 32.8 Å². The maximum atomic E-state index is 9.39. The summed E-state index contributed by atoms with van der Waals surface area (Å²) >= 11 is 0. The first-order valence-corrected chi connectivity index (χ1v) is 5.49. The lowest BCUT2D eigenvalue weighted by Crippen LogP contribution is -2.48. The van der Waals surface area contributed by atoms with Gasteiger partial charge in [-0.2, -0.15) is 0 Å². The van der Waals surface area contributed by atoms with Crippen LogP contribution in [0.15, 0.2) is 0 Å². The molecule has 2 fully saturated rings. The largest absolute Gasteiger partial charge is 0.392 e. The predicted molar refractivity (Wildman–Crippen MR) is 54.3 cm³/mol. The van der Waals surface area contributed by atoms with Crippen LogP contribution < -0.4 is 5.32 Å². The first kappa shape index (κ1) is 10.4. The molecule has 0 radical (unpaired) electrons. The standard InChI is InChI=1S/C10H20N2O2/c1-8-7-14-3-2-12(8)6-9-4-10(13)5-11-9/h8-11,13H,2-7H2,1H3. The summed E-state index contributed by atoms with van der Waals surface area (Å²) in [6.07, 6.45) is 0.751. The van der Waals surface area contributed by atoms with E-state index in [1.54, 1.807) is 0 Å². The molecule has 3 atom stereocenters. The lowest BCUT2D eigenvalue weighted by atomic mass is 10.1. The summed E-state index contributed by atoms with van der Waals surface area (Å²) in [4.78, 5) is 2.44. The van der Waals surface area contributed by atoms with Gasteiger partial charge in [0, 0.05) is 31.7 Å². The van der Waals surface area contributed by atoms with Gasteiger partial charge in [0.1, 0.15) is 0 Å². The van der Waals surface area contributed by atoms with Crippen LogP contribution in [-0.4, -0.2) is 61.0 Å². The van der Waals surface area contributed by atoms with E-state index in [0.29, 0.717) is 12.1 Å². The minimum absolute atomic E-state index is 0.142. The SMILES string of the molecule is CC1COCCN1CC1CC(O)CN1. The van der Waals surface area contributed by atoms with E-state index in [2.05, 4.69) is 17.1 Å². The van der Waals surface area contributed by atoms with E-state index in [9.17, 15) is 5.11 Å². The Bertz CT molecular complexity index is 189.